The molecule has 0 spiro atoms. The molecule has 0 aromatic rings. The Morgan fingerprint density at radius 3 is 1.22 bits per heavy atom. The van der Waals surface area contributed by atoms with Gasteiger partial charge in [-0.15, -0.1) is 0 Å². The van der Waals surface area contributed by atoms with Gasteiger partial charge in [-0.1, -0.05) is 55.4 Å². The molecule has 0 atom stereocenters. The summed E-state index contributed by atoms with van der Waals surface area (Å²) in [5, 5.41) is 0. The first kappa shape index (κ1) is 36.8. The lowest BCUT2D eigenvalue weighted by Crippen LogP contribution is -2.53. The summed E-state index contributed by atoms with van der Waals surface area (Å²) < 4.78 is 0. The first-order chi connectivity index (χ1) is 16.6. The van der Waals surface area contributed by atoms with E-state index in [1.807, 2.05) is 0 Å². The minimum absolute atomic E-state index is 0. The fourth-order valence-corrected chi connectivity index (χ4v) is 5.86. The smallest absolute Gasteiger partial charge is 0.0126 e. The van der Waals surface area contributed by atoms with Crippen molar-refractivity contribution in [3.8, 4) is 0 Å². The van der Waals surface area contributed by atoms with E-state index in [0.29, 0.717) is 16.5 Å². The Kier molecular flexibility index (Phi) is 16.8. The zero-order valence-electron chi connectivity index (χ0n) is 27.1. The van der Waals surface area contributed by atoms with Crippen molar-refractivity contribution in [2.24, 2.45) is 17.3 Å². The molecule has 0 bridgehead atoms. The fraction of sp³-hybridized carbons (Fsp3) is 1.00. The molecular formula is C33H72N4. The van der Waals surface area contributed by atoms with E-state index in [2.05, 4.69) is 103 Å². The van der Waals surface area contributed by atoms with Crippen LogP contribution >= 0.6 is 0 Å². The lowest BCUT2D eigenvalue weighted by molar-refractivity contribution is 0.0648. The Labute approximate surface area is 235 Å². The van der Waals surface area contributed by atoms with Gasteiger partial charge in [0.15, 0.2) is 0 Å². The maximum atomic E-state index is 2.61. The monoisotopic (exact) mass is 525 g/mol. The average Bonchev–Trinajstić information content (AvgIpc) is 2.83. The van der Waals surface area contributed by atoms with Crippen LogP contribution in [0.15, 0.2) is 0 Å². The lowest BCUT2D eigenvalue weighted by Gasteiger charge is -2.42. The van der Waals surface area contributed by atoms with Crippen LogP contribution in [-0.2, 0) is 0 Å². The molecule has 0 unspecified atom stereocenters. The molecule has 0 radical (unpaired) electrons. The summed E-state index contributed by atoms with van der Waals surface area (Å²) >= 11 is 0. The van der Waals surface area contributed by atoms with E-state index in [-0.39, 0.29) is 7.43 Å². The Balaban J connectivity index is 0.000000518. The molecule has 37 heavy (non-hydrogen) atoms. The predicted octanol–water partition coefficient (Wildman–Crippen LogP) is 7.73. The van der Waals surface area contributed by atoms with E-state index in [4.69, 9.17) is 0 Å². The van der Waals surface area contributed by atoms with Crippen LogP contribution < -0.4 is 0 Å². The lowest BCUT2D eigenvalue weighted by atomic mass is 9.75. The second-order valence-corrected chi connectivity index (χ2v) is 14.7. The molecule has 0 amide bonds. The Morgan fingerprint density at radius 2 is 0.892 bits per heavy atom. The third kappa shape index (κ3) is 14.2. The van der Waals surface area contributed by atoms with Crippen LogP contribution in [0.1, 0.15) is 123 Å². The Hall–Kier alpha value is -0.160. The van der Waals surface area contributed by atoms with Crippen LogP contribution in [0, 0.1) is 17.3 Å². The van der Waals surface area contributed by atoms with Crippen LogP contribution in [0.2, 0.25) is 0 Å². The van der Waals surface area contributed by atoms with Crippen molar-refractivity contribution in [1.82, 2.24) is 19.6 Å². The summed E-state index contributed by atoms with van der Waals surface area (Å²) in [4.78, 5) is 10.3. The van der Waals surface area contributed by atoms with E-state index in [9.17, 15) is 0 Å². The van der Waals surface area contributed by atoms with Gasteiger partial charge in [0.25, 0.3) is 0 Å². The second kappa shape index (κ2) is 16.8. The van der Waals surface area contributed by atoms with Crippen LogP contribution in [-0.4, -0.2) is 96.1 Å². The molecule has 0 saturated carbocycles. The third-order valence-corrected chi connectivity index (χ3v) is 9.17. The molecule has 224 valence electrons. The van der Waals surface area contributed by atoms with Gasteiger partial charge in [0, 0.05) is 37.3 Å². The largest absolute Gasteiger partial charge is 0.304 e. The van der Waals surface area contributed by atoms with E-state index < -0.39 is 0 Å². The zero-order valence-corrected chi connectivity index (χ0v) is 27.1. The van der Waals surface area contributed by atoms with Crippen LogP contribution in [0.25, 0.3) is 0 Å². The molecule has 3 heterocycles. The summed E-state index contributed by atoms with van der Waals surface area (Å²) in [7, 11) is 0. The second-order valence-electron chi connectivity index (χ2n) is 14.7. The molecule has 3 saturated heterocycles. The van der Waals surface area contributed by atoms with Gasteiger partial charge in [-0.2, -0.15) is 0 Å². The first-order valence-corrected chi connectivity index (χ1v) is 15.6. The Bertz CT molecular complexity index is 464. The molecule has 3 aliphatic heterocycles. The first-order valence-electron chi connectivity index (χ1n) is 15.6. The molecule has 0 N–H and O–H groups in total. The third-order valence-electron chi connectivity index (χ3n) is 9.17. The van der Waals surface area contributed by atoms with Crippen molar-refractivity contribution in [3.05, 3.63) is 0 Å². The number of likely N-dealkylation sites (N-methyl/N-ethyl adjacent to an activating group) is 1. The molecule has 3 fully saturated rings. The SMILES string of the molecule is C.CCC1CCN(C(C)(C)C)CC1.CCN1CCC(C(C)(C)C)CC1.CCN1CCN(C(C)(C)C)CC1. The molecule has 3 rings (SSSR count). The summed E-state index contributed by atoms with van der Waals surface area (Å²) in [6.07, 6.45) is 6.99. The molecule has 0 aliphatic carbocycles. The Morgan fingerprint density at radius 1 is 0.514 bits per heavy atom. The normalized spacial score (nSPS) is 22.4. The van der Waals surface area contributed by atoms with Crippen molar-refractivity contribution < 1.29 is 0 Å². The predicted molar refractivity (Wildman–Crippen MR) is 169 cm³/mol. The number of piperidine rings is 2. The molecule has 4 heteroatoms. The number of rotatable bonds is 3. The van der Waals surface area contributed by atoms with E-state index in [1.54, 1.807) is 0 Å². The summed E-state index contributed by atoms with van der Waals surface area (Å²) in [6.45, 7) is 40.4. The molecule has 0 aromatic heterocycles. The average molecular weight is 525 g/mol. The zero-order chi connectivity index (χ0) is 27.6. The highest BCUT2D eigenvalue weighted by atomic mass is 15.3. The minimum Gasteiger partial charge on any atom is -0.304 e. The van der Waals surface area contributed by atoms with Crippen LogP contribution in [0.5, 0.6) is 0 Å². The maximum Gasteiger partial charge on any atom is 0.0126 e. The molecular weight excluding hydrogens is 452 g/mol. The van der Waals surface area contributed by atoms with Crippen LogP contribution in [0.4, 0.5) is 0 Å². The van der Waals surface area contributed by atoms with Crippen LogP contribution in [0.3, 0.4) is 0 Å². The topological polar surface area (TPSA) is 13.0 Å². The van der Waals surface area contributed by atoms with E-state index in [1.165, 1.54) is 97.6 Å². The quantitative estimate of drug-likeness (QED) is 0.374. The van der Waals surface area contributed by atoms with Gasteiger partial charge in [-0.25, -0.2) is 0 Å². The number of likely N-dealkylation sites (tertiary alicyclic amines) is 2. The van der Waals surface area contributed by atoms with Gasteiger partial charge in [0.1, 0.15) is 0 Å². The summed E-state index contributed by atoms with van der Waals surface area (Å²) in [5.41, 5.74) is 1.28. The van der Waals surface area contributed by atoms with Crippen molar-refractivity contribution in [1.29, 1.82) is 0 Å². The highest BCUT2D eigenvalue weighted by Gasteiger charge is 2.28. The van der Waals surface area contributed by atoms with Gasteiger partial charge < -0.3 is 9.80 Å². The molecule has 0 aromatic carbocycles. The van der Waals surface area contributed by atoms with Crippen molar-refractivity contribution >= 4 is 0 Å². The fourth-order valence-electron chi connectivity index (χ4n) is 5.86. The standard InChI is InChI=1S/2C11H23N.C10H22N2.CH4/c1-5-12-8-6-10(7-9-12)11(2,3)4;1-5-10-6-8-12(9-7-10)11(2,3)4;1-5-11-6-8-12(9-7-11)10(2,3)4;/h2*10H,5-9H2,1-4H3;5-9H2,1-4H3;1H4. The van der Waals surface area contributed by atoms with E-state index >= 15 is 0 Å². The number of nitrogens with zero attached hydrogens (tertiary/aromatic N) is 4. The number of hydrogen-bond acceptors (Lipinski definition) is 4. The number of hydrogen-bond donors (Lipinski definition) is 0. The molecule has 4 nitrogen and oxygen atoms in total. The van der Waals surface area contributed by atoms with Gasteiger partial charge in [0.05, 0.1) is 0 Å². The van der Waals surface area contributed by atoms with Gasteiger partial charge in [-0.05, 0) is 124 Å². The van der Waals surface area contributed by atoms with E-state index in [0.717, 1.165) is 11.8 Å². The van der Waals surface area contributed by atoms with Crippen molar-refractivity contribution in [3.63, 3.8) is 0 Å². The van der Waals surface area contributed by atoms with Gasteiger partial charge in [0.2, 0.25) is 0 Å². The number of piperazine rings is 1. The van der Waals surface area contributed by atoms with Crippen molar-refractivity contribution in [2.45, 2.75) is 134 Å². The van der Waals surface area contributed by atoms with Crippen molar-refractivity contribution in [2.75, 3.05) is 65.4 Å². The highest BCUT2D eigenvalue weighted by Crippen LogP contribution is 2.34. The van der Waals surface area contributed by atoms with Gasteiger partial charge >= 0.3 is 0 Å². The summed E-state index contributed by atoms with van der Waals surface area (Å²) in [5.74, 6) is 1.95. The molecule has 3 aliphatic rings. The minimum atomic E-state index is 0. The maximum absolute atomic E-state index is 2.61. The highest BCUT2D eigenvalue weighted by molar-refractivity contribution is 4.82. The van der Waals surface area contributed by atoms with Gasteiger partial charge in [-0.3, -0.25) is 9.80 Å². The summed E-state index contributed by atoms with van der Waals surface area (Å²) in [6, 6.07) is 0.